The predicted octanol–water partition coefficient (Wildman–Crippen LogP) is 4.18. The minimum absolute atomic E-state index is 0.0524. The van der Waals surface area contributed by atoms with E-state index in [-0.39, 0.29) is 17.2 Å². The van der Waals surface area contributed by atoms with Crippen LogP contribution in [0.15, 0.2) is 89.1 Å². The Morgan fingerprint density at radius 3 is 2.44 bits per heavy atom. The Hall–Kier alpha value is -4.24. The van der Waals surface area contributed by atoms with Crippen LogP contribution in [0.2, 0.25) is 0 Å². The van der Waals surface area contributed by atoms with E-state index in [9.17, 15) is 14.7 Å². The third-order valence-electron chi connectivity index (χ3n) is 4.87. The topological polar surface area (TPSA) is 109 Å². The van der Waals surface area contributed by atoms with E-state index in [0.29, 0.717) is 16.5 Å². The van der Waals surface area contributed by atoms with Gasteiger partial charge in [-0.05, 0) is 25.1 Å². The van der Waals surface area contributed by atoms with Gasteiger partial charge in [-0.25, -0.2) is 10.2 Å². The molecule has 0 atom stereocenters. The lowest BCUT2D eigenvalue weighted by atomic mass is 10.1. The fraction of sp³-hybridized carbons (Fsp3) is 0.0800. The summed E-state index contributed by atoms with van der Waals surface area (Å²) in [5, 5.41) is 22.4. The summed E-state index contributed by atoms with van der Waals surface area (Å²) < 4.78 is 1.91. The Balaban J connectivity index is 1.49. The maximum absolute atomic E-state index is 12.4. The van der Waals surface area contributed by atoms with Gasteiger partial charge in [0.05, 0.1) is 17.5 Å². The molecule has 0 bridgehead atoms. The smallest absolute Gasteiger partial charge is 0.336 e. The number of rotatable bonds is 8. The van der Waals surface area contributed by atoms with Crippen LogP contribution in [0.25, 0.3) is 17.1 Å². The van der Waals surface area contributed by atoms with E-state index in [0.717, 1.165) is 16.8 Å². The Labute approximate surface area is 200 Å². The van der Waals surface area contributed by atoms with E-state index in [2.05, 4.69) is 20.7 Å². The van der Waals surface area contributed by atoms with Crippen LogP contribution < -0.4 is 5.43 Å². The summed E-state index contributed by atoms with van der Waals surface area (Å²) in [5.74, 6) is -0.684. The third kappa shape index (κ3) is 5.38. The summed E-state index contributed by atoms with van der Waals surface area (Å²) in [4.78, 5) is 23.6. The SMILES string of the molecule is Cc1ccc(-c2nnc(SCC(=O)N/N=C\c3ccccc3C(=O)O)n2-c2ccccc2)cc1. The summed E-state index contributed by atoms with van der Waals surface area (Å²) >= 11 is 1.23. The molecule has 0 fully saturated rings. The maximum atomic E-state index is 12.4. The summed E-state index contributed by atoms with van der Waals surface area (Å²) in [5.41, 5.74) is 5.88. The highest BCUT2D eigenvalue weighted by Crippen LogP contribution is 2.28. The molecule has 4 aromatic rings. The van der Waals surface area contributed by atoms with Gasteiger partial charge >= 0.3 is 5.97 Å². The number of thioether (sulfide) groups is 1. The van der Waals surface area contributed by atoms with Gasteiger partial charge in [0.15, 0.2) is 11.0 Å². The Kier molecular flexibility index (Phi) is 7.14. The van der Waals surface area contributed by atoms with Gasteiger partial charge in [-0.15, -0.1) is 10.2 Å². The fourth-order valence-corrected chi connectivity index (χ4v) is 3.95. The molecule has 9 heteroatoms. The number of carboxylic acid groups (broad SMARTS) is 1. The molecule has 3 aromatic carbocycles. The van der Waals surface area contributed by atoms with E-state index in [4.69, 9.17) is 0 Å². The van der Waals surface area contributed by atoms with Crippen LogP contribution in [0.4, 0.5) is 0 Å². The molecule has 0 aliphatic carbocycles. The number of hydrazone groups is 1. The van der Waals surface area contributed by atoms with Gasteiger partial charge in [-0.1, -0.05) is 78.0 Å². The van der Waals surface area contributed by atoms with Crippen molar-refractivity contribution in [2.45, 2.75) is 12.1 Å². The van der Waals surface area contributed by atoms with E-state index < -0.39 is 5.97 Å². The predicted molar refractivity (Wildman–Crippen MR) is 131 cm³/mol. The molecule has 0 unspecified atom stereocenters. The van der Waals surface area contributed by atoms with Crippen molar-refractivity contribution in [3.8, 4) is 17.1 Å². The van der Waals surface area contributed by atoms with Gasteiger partial charge in [-0.3, -0.25) is 9.36 Å². The summed E-state index contributed by atoms with van der Waals surface area (Å²) in [6.07, 6.45) is 1.31. The van der Waals surface area contributed by atoms with Crippen LogP contribution in [0.1, 0.15) is 21.5 Å². The molecule has 0 spiro atoms. The number of hydrogen-bond donors (Lipinski definition) is 2. The molecule has 1 aromatic heterocycles. The summed E-state index contributed by atoms with van der Waals surface area (Å²) in [6.45, 7) is 2.02. The van der Waals surface area contributed by atoms with Crippen molar-refractivity contribution >= 4 is 29.9 Å². The highest BCUT2D eigenvalue weighted by Gasteiger charge is 2.17. The van der Waals surface area contributed by atoms with Crippen molar-refractivity contribution in [2.24, 2.45) is 5.10 Å². The van der Waals surface area contributed by atoms with Crippen LogP contribution in [0.5, 0.6) is 0 Å². The lowest BCUT2D eigenvalue weighted by molar-refractivity contribution is -0.118. The highest BCUT2D eigenvalue weighted by atomic mass is 32.2. The van der Waals surface area contributed by atoms with Crippen molar-refractivity contribution in [1.82, 2.24) is 20.2 Å². The van der Waals surface area contributed by atoms with E-state index in [1.165, 1.54) is 24.0 Å². The van der Waals surface area contributed by atoms with Crippen LogP contribution in [-0.2, 0) is 4.79 Å². The molecule has 0 radical (unpaired) electrons. The van der Waals surface area contributed by atoms with Crippen molar-refractivity contribution < 1.29 is 14.7 Å². The molecule has 0 saturated heterocycles. The first-order valence-electron chi connectivity index (χ1n) is 10.4. The molecule has 34 heavy (non-hydrogen) atoms. The third-order valence-corrected chi connectivity index (χ3v) is 5.80. The van der Waals surface area contributed by atoms with Crippen LogP contribution in [0, 0.1) is 6.92 Å². The summed E-state index contributed by atoms with van der Waals surface area (Å²) in [6, 6.07) is 24.1. The normalized spacial score (nSPS) is 11.0. The van der Waals surface area contributed by atoms with Gasteiger partial charge in [0.25, 0.3) is 5.91 Å². The number of nitrogens with zero attached hydrogens (tertiary/aromatic N) is 4. The Morgan fingerprint density at radius 2 is 1.71 bits per heavy atom. The van der Waals surface area contributed by atoms with Crippen molar-refractivity contribution in [3.63, 3.8) is 0 Å². The minimum atomic E-state index is -1.06. The lowest BCUT2D eigenvalue weighted by Gasteiger charge is -2.10. The monoisotopic (exact) mass is 471 g/mol. The number of hydrogen-bond acceptors (Lipinski definition) is 6. The van der Waals surface area contributed by atoms with Crippen molar-refractivity contribution in [1.29, 1.82) is 0 Å². The lowest BCUT2D eigenvalue weighted by Crippen LogP contribution is -2.20. The van der Waals surface area contributed by atoms with E-state index in [1.54, 1.807) is 18.2 Å². The maximum Gasteiger partial charge on any atom is 0.336 e. The summed E-state index contributed by atoms with van der Waals surface area (Å²) in [7, 11) is 0. The average molecular weight is 472 g/mol. The molecule has 0 aliphatic heterocycles. The van der Waals surface area contributed by atoms with Crippen molar-refractivity contribution in [3.05, 3.63) is 95.6 Å². The zero-order valence-corrected chi connectivity index (χ0v) is 19.1. The van der Waals surface area contributed by atoms with Gasteiger partial charge in [0.1, 0.15) is 0 Å². The molecular formula is C25H21N5O3S. The second kappa shape index (κ2) is 10.6. The van der Waals surface area contributed by atoms with Gasteiger partial charge in [-0.2, -0.15) is 5.10 Å². The molecule has 1 heterocycles. The zero-order chi connectivity index (χ0) is 23.9. The Bertz CT molecular complexity index is 1330. The largest absolute Gasteiger partial charge is 0.478 e. The first-order valence-corrected chi connectivity index (χ1v) is 11.4. The molecular weight excluding hydrogens is 450 g/mol. The number of carboxylic acids is 1. The molecule has 8 nitrogen and oxygen atoms in total. The van der Waals surface area contributed by atoms with Crippen LogP contribution in [-0.4, -0.2) is 43.7 Å². The van der Waals surface area contributed by atoms with Gasteiger partial charge in [0, 0.05) is 16.8 Å². The number of aryl methyl sites for hydroxylation is 1. The number of aromatic carboxylic acids is 1. The highest BCUT2D eigenvalue weighted by molar-refractivity contribution is 7.99. The first-order chi connectivity index (χ1) is 16.5. The van der Waals surface area contributed by atoms with Gasteiger partial charge in [0.2, 0.25) is 0 Å². The molecule has 0 saturated carbocycles. The fourth-order valence-electron chi connectivity index (χ4n) is 3.20. The Morgan fingerprint density at radius 1 is 1.00 bits per heavy atom. The molecule has 1 amide bonds. The number of carbonyl (C=O) groups is 2. The second-order valence-electron chi connectivity index (χ2n) is 7.32. The number of amides is 1. The standard InChI is InChI=1S/C25H21N5O3S/c1-17-11-13-18(14-12-17)23-28-29-25(30(23)20-8-3-2-4-9-20)34-16-22(31)27-26-15-19-7-5-6-10-21(19)24(32)33/h2-15H,16H2,1H3,(H,27,31)(H,32,33)/b26-15-. The van der Waals surface area contributed by atoms with Crippen LogP contribution >= 0.6 is 11.8 Å². The quantitative estimate of drug-likeness (QED) is 0.227. The molecule has 170 valence electrons. The van der Waals surface area contributed by atoms with Crippen molar-refractivity contribution in [2.75, 3.05) is 5.75 Å². The van der Waals surface area contributed by atoms with E-state index in [1.807, 2.05) is 66.1 Å². The second-order valence-corrected chi connectivity index (χ2v) is 8.26. The number of aromatic nitrogens is 3. The average Bonchev–Trinajstić information content (AvgIpc) is 3.28. The number of para-hydroxylation sites is 1. The molecule has 0 aliphatic rings. The molecule has 2 N–H and O–H groups in total. The van der Waals surface area contributed by atoms with E-state index >= 15 is 0 Å². The number of benzene rings is 3. The van der Waals surface area contributed by atoms with Crippen LogP contribution in [0.3, 0.4) is 0 Å². The molecule has 4 rings (SSSR count). The number of nitrogens with one attached hydrogen (secondary N) is 1. The minimum Gasteiger partial charge on any atom is -0.478 e. The van der Waals surface area contributed by atoms with Gasteiger partial charge < -0.3 is 5.11 Å². The number of carbonyl (C=O) groups excluding carboxylic acids is 1. The zero-order valence-electron chi connectivity index (χ0n) is 18.3. The first kappa shape index (κ1) is 22.9.